The highest BCUT2D eigenvalue weighted by atomic mass is 16.7. The van der Waals surface area contributed by atoms with Crippen molar-refractivity contribution in [3.63, 3.8) is 0 Å². The zero-order chi connectivity index (χ0) is 25.8. The van der Waals surface area contributed by atoms with Gasteiger partial charge < -0.3 is 9.31 Å². The van der Waals surface area contributed by atoms with Gasteiger partial charge in [0.25, 0.3) is 0 Å². The van der Waals surface area contributed by atoms with Crippen molar-refractivity contribution >= 4 is 12.6 Å². The Labute approximate surface area is 221 Å². The van der Waals surface area contributed by atoms with Crippen molar-refractivity contribution in [2.45, 2.75) is 57.7 Å². The van der Waals surface area contributed by atoms with Crippen LogP contribution in [0.3, 0.4) is 0 Å². The van der Waals surface area contributed by atoms with Crippen molar-refractivity contribution in [3.05, 3.63) is 125 Å². The van der Waals surface area contributed by atoms with Gasteiger partial charge in [0.05, 0.1) is 16.6 Å². The molecule has 37 heavy (non-hydrogen) atoms. The molecule has 0 amide bonds. The topological polar surface area (TPSA) is 18.5 Å². The average molecular weight is 486 g/mol. The summed E-state index contributed by atoms with van der Waals surface area (Å²) in [6.45, 7) is 11.1. The smallest absolute Gasteiger partial charge is 0.399 e. The van der Waals surface area contributed by atoms with E-state index in [1.54, 1.807) is 0 Å². The first-order valence-corrected chi connectivity index (χ1v) is 13.5. The van der Waals surface area contributed by atoms with Crippen molar-refractivity contribution in [1.29, 1.82) is 0 Å². The Morgan fingerprint density at radius 3 is 1.84 bits per heavy atom. The first kappa shape index (κ1) is 24.2. The predicted molar refractivity (Wildman–Crippen MR) is 153 cm³/mol. The number of rotatable bonds is 5. The summed E-state index contributed by atoms with van der Waals surface area (Å²) in [7, 11) is -0.427. The third kappa shape index (κ3) is 3.55. The van der Waals surface area contributed by atoms with Gasteiger partial charge in [0.15, 0.2) is 0 Å². The fourth-order valence-electron chi connectivity index (χ4n) is 6.71. The summed E-state index contributed by atoms with van der Waals surface area (Å²) >= 11 is 0. The standard InChI is InChI=1S/C34H35BO2/c1-24(2)23-33(5)32(3,4)36-35(37-33)30-22-14-21-29-31(30)27-19-12-13-20-28(27)34(29,25-15-8-6-9-16-25)26-17-10-7-11-18-26/h6-22,24H,23H2,1-5H3. The van der Waals surface area contributed by atoms with Crippen molar-refractivity contribution in [1.82, 2.24) is 0 Å². The van der Waals surface area contributed by atoms with Crippen LogP contribution in [-0.2, 0) is 14.7 Å². The Morgan fingerprint density at radius 1 is 0.649 bits per heavy atom. The Balaban J connectivity index is 1.62. The lowest BCUT2D eigenvalue weighted by atomic mass is 9.66. The van der Waals surface area contributed by atoms with E-state index in [9.17, 15) is 0 Å². The molecule has 2 aliphatic rings. The SMILES string of the molecule is CC(C)CC1(C)OB(c2cccc3c2-c2ccccc2C3(c2ccccc2)c2ccccc2)OC1(C)C. The molecule has 0 saturated carbocycles. The Morgan fingerprint density at radius 2 is 1.22 bits per heavy atom. The summed E-state index contributed by atoms with van der Waals surface area (Å²) < 4.78 is 13.6. The van der Waals surface area contributed by atoms with E-state index in [1.807, 2.05) is 0 Å². The summed E-state index contributed by atoms with van der Waals surface area (Å²) in [5, 5.41) is 0. The molecule has 1 aliphatic heterocycles. The molecule has 186 valence electrons. The molecule has 1 fully saturated rings. The second-order valence-electron chi connectivity index (χ2n) is 11.7. The van der Waals surface area contributed by atoms with Gasteiger partial charge in [-0.2, -0.15) is 0 Å². The van der Waals surface area contributed by atoms with Gasteiger partial charge in [-0.15, -0.1) is 0 Å². The minimum Gasteiger partial charge on any atom is -0.399 e. The van der Waals surface area contributed by atoms with E-state index in [1.165, 1.54) is 33.4 Å². The highest BCUT2D eigenvalue weighted by Crippen LogP contribution is 2.56. The molecule has 4 aromatic carbocycles. The van der Waals surface area contributed by atoms with Crippen LogP contribution in [0.1, 0.15) is 63.3 Å². The average Bonchev–Trinajstić information content (AvgIpc) is 3.32. The maximum absolute atomic E-state index is 6.86. The van der Waals surface area contributed by atoms with E-state index < -0.39 is 18.1 Å². The largest absolute Gasteiger partial charge is 0.495 e. The van der Waals surface area contributed by atoms with Crippen LogP contribution < -0.4 is 5.46 Å². The highest BCUT2D eigenvalue weighted by molar-refractivity contribution is 6.64. The number of fused-ring (bicyclic) bond motifs is 3. The third-order valence-corrected chi connectivity index (χ3v) is 8.61. The molecular formula is C34H35BO2. The van der Waals surface area contributed by atoms with E-state index in [0.717, 1.165) is 11.9 Å². The first-order chi connectivity index (χ1) is 17.8. The van der Waals surface area contributed by atoms with E-state index in [4.69, 9.17) is 9.31 Å². The van der Waals surface area contributed by atoms with Crippen LogP contribution in [-0.4, -0.2) is 18.3 Å². The van der Waals surface area contributed by atoms with Crippen LogP contribution in [0.2, 0.25) is 0 Å². The molecule has 0 radical (unpaired) electrons. The molecule has 0 aromatic heterocycles. The number of benzene rings is 4. The zero-order valence-corrected chi connectivity index (χ0v) is 22.5. The number of hydrogen-bond acceptors (Lipinski definition) is 2. The molecule has 1 unspecified atom stereocenters. The van der Waals surface area contributed by atoms with E-state index in [2.05, 4.69) is 138 Å². The Kier molecular flexibility index (Phi) is 5.71. The van der Waals surface area contributed by atoms with Gasteiger partial charge in [0.2, 0.25) is 0 Å². The molecular weight excluding hydrogens is 451 g/mol. The van der Waals surface area contributed by atoms with E-state index >= 15 is 0 Å². The predicted octanol–water partition coefficient (Wildman–Crippen LogP) is 7.38. The quantitative estimate of drug-likeness (QED) is 0.242. The molecule has 0 bridgehead atoms. The van der Waals surface area contributed by atoms with Crippen LogP contribution in [0.15, 0.2) is 103 Å². The Bertz CT molecular complexity index is 1390. The van der Waals surface area contributed by atoms with Gasteiger partial charge in [-0.25, -0.2) is 0 Å². The molecule has 2 nitrogen and oxygen atoms in total. The fourth-order valence-corrected chi connectivity index (χ4v) is 6.71. The minimum absolute atomic E-state index is 0.372. The van der Waals surface area contributed by atoms with Crippen LogP contribution in [0.5, 0.6) is 0 Å². The van der Waals surface area contributed by atoms with Crippen molar-refractivity contribution in [3.8, 4) is 11.1 Å². The third-order valence-electron chi connectivity index (χ3n) is 8.61. The normalized spacial score (nSPS) is 21.2. The minimum atomic E-state index is -0.427. The van der Waals surface area contributed by atoms with Crippen LogP contribution in [0, 0.1) is 5.92 Å². The van der Waals surface area contributed by atoms with Gasteiger partial charge in [0, 0.05) is 0 Å². The van der Waals surface area contributed by atoms with E-state index in [0.29, 0.717) is 5.92 Å². The molecule has 1 aliphatic carbocycles. The van der Waals surface area contributed by atoms with Crippen molar-refractivity contribution in [2.75, 3.05) is 0 Å². The summed E-state index contributed by atoms with van der Waals surface area (Å²) in [5.41, 5.74) is 7.53. The van der Waals surface area contributed by atoms with E-state index in [-0.39, 0.29) is 5.60 Å². The van der Waals surface area contributed by atoms with Crippen LogP contribution in [0.4, 0.5) is 0 Å². The molecule has 0 spiro atoms. The maximum atomic E-state index is 6.86. The number of hydrogen-bond donors (Lipinski definition) is 0. The summed E-state index contributed by atoms with van der Waals surface area (Å²) in [4.78, 5) is 0. The van der Waals surface area contributed by atoms with Crippen LogP contribution >= 0.6 is 0 Å². The molecule has 6 rings (SSSR count). The zero-order valence-electron chi connectivity index (χ0n) is 22.5. The molecule has 0 N–H and O–H groups in total. The highest BCUT2D eigenvalue weighted by Gasteiger charge is 2.56. The van der Waals surface area contributed by atoms with Crippen molar-refractivity contribution < 1.29 is 9.31 Å². The summed E-state index contributed by atoms with van der Waals surface area (Å²) in [6, 6.07) is 37.4. The van der Waals surface area contributed by atoms with Crippen molar-refractivity contribution in [2.24, 2.45) is 5.92 Å². The second kappa shape index (κ2) is 8.72. The molecule has 1 atom stereocenters. The molecule has 1 saturated heterocycles. The lowest BCUT2D eigenvalue weighted by Gasteiger charge is -2.37. The van der Waals surface area contributed by atoms with Gasteiger partial charge in [-0.05, 0) is 72.0 Å². The molecule has 3 heteroatoms. The monoisotopic (exact) mass is 486 g/mol. The van der Waals surface area contributed by atoms with Gasteiger partial charge in [0.1, 0.15) is 0 Å². The lowest BCUT2D eigenvalue weighted by Crippen LogP contribution is -2.45. The Hall–Kier alpha value is -3.14. The van der Waals surface area contributed by atoms with Crippen LogP contribution in [0.25, 0.3) is 11.1 Å². The summed E-state index contributed by atoms with van der Waals surface area (Å²) in [6.07, 6.45) is 0.945. The first-order valence-electron chi connectivity index (χ1n) is 13.5. The molecule has 4 aromatic rings. The van der Waals surface area contributed by atoms with Gasteiger partial charge >= 0.3 is 7.12 Å². The molecule has 1 heterocycles. The summed E-state index contributed by atoms with van der Waals surface area (Å²) in [5.74, 6) is 0.512. The van der Waals surface area contributed by atoms with Gasteiger partial charge in [-0.1, -0.05) is 117 Å². The second-order valence-corrected chi connectivity index (χ2v) is 11.7. The lowest BCUT2D eigenvalue weighted by molar-refractivity contribution is -0.0239. The fraction of sp³-hybridized carbons (Fsp3) is 0.294. The maximum Gasteiger partial charge on any atom is 0.495 e. The van der Waals surface area contributed by atoms with Gasteiger partial charge in [-0.3, -0.25) is 0 Å².